The van der Waals surface area contributed by atoms with Crippen LogP contribution < -0.4 is 5.32 Å². The second-order valence-corrected chi connectivity index (χ2v) is 10.8. The number of hydrogen-bond acceptors (Lipinski definition) is 5. The number of nitrogens with zero attached hydrogens (tertiary/aromatic N) is 4. The number of hydrogen-bond donors (Lipinski definition) is 3. The lowest BCUT2D eigenvalue weighted by Gasteiger charge is -2.38. The zero-order valence-corrected chi connectivity index (χ0v) is 22.7. The van der Waals surface area contributed by atoms with E-state index in [0.717, 1.165) is 17.8 Å². The first-order chi connectivity index (χ1) is 19.3. The molecule has 0 radical (unpaired) electrons. The normalized spacial score (nSPS) is 15.3. The van der Waals surface area contributed by atoms with Crippen LogP contribution in [0.4, 0.5) is 18.9 Å². The number of aromatic nitrogens is 4. The molecule has 0 spiro atoms. The molecular formula is C29H29F3N6O3. The Balaban J connectivity index is 1.54. The first kappa shape index (κ1) is 28.1. The first-order valence-corrected chi connectivity index (χ1v) is 13.0. The molecule has 5 rings (SSSR count). The highest BCUT2D eigenvalue weighted by Gasteiger charge is 2.41. The van der Waals surface area contributed by atoms with E-state index < -0.39 is 29.2 Å². The summed E-state index contributed by atoms with van der Waals surface area (Å²) in [6, 6.07) is 11.6. The summed E-state index contributed by atoms with van der Waals surface area (Å²) < 4.78 is 40.9. The molecule has 0 bridgehead atoms. The third kappa shape index (κ3) is 5.73. The van der Waals surface area contributed by atoms with Crippen molar-refractivity contribution in [1.29, 1.82) is 0 Å². The van der Waals surface area contributed by atoms with Gasteiger partial charge in [0.15, 0.2) is 5.69 Å². The Kier molecular flexibility index (Phi) is 7.20. The molecule has 214 valence electrons. The predicted molar refractivity (Wildman–Crippen MR) is 144 cm³/mol. The number of rotatable bonds is 6. The summed E-state index contributed by atoms with van der Waals surface area (Å²) in [5, 5.41) is 23.9. The summed E-state index contributed by atoms with van der Waals surface area (Å²) in [6.07, 6.45) is -2.25. The molecule has 12 heteroatoms. The van der Waals surface area contributed by atoms with E-state index in [1.807, 2.05) is 13.8 Å². The number of aliphatic hydroxyl groups is 1. The van der Waals surface area contributed by atoms with E-state index in [1.165, 1.54) is 24.5 Å². The van der Waals surface area contributed by atoms with Crippen LogP contribution in [-0.4, -0.2) is 48.3 Å². The zero-order valence-electron chi connectivity index (χ0n) is 22.7. The number of halogens is 3. The van der Waals surface area contributed by atoms with Gasteiger partial charge in [-0.25, -0.2) is 0 Å². The number of alkyl halides is 3. The second kappa shape index (κ2) is 10.5. The van der Waals surface area contributed by atoms with Gasteiger partial charge in [0.25, 0.3) is 11.8 Å². The van der Waals surface area contributed by atoms with Crippen LogP contribution in [-0.2, 0) is 24.7 Å². The van der Waals surface area contributed by atoms with Crippen molar-refractivity contribution >= 4 is 17.5 Å². The molecule has 3 N–H and O–H groups in total. The van der Waals surface area contributed by atoms with E-state index in [0.29, 0.717) is 34.5 Å². The molecule has 2 aromatic carbocycles. The maximum atomic E-state index is 13.6. The molecule has 41 heavy (non-hydrogen) atoms. The summed E-state index contributed by atoms with van der Waals surface area (Å²) in [5.41, 5.74) is 2.00. The number of amides is 2. The van der Waals surface area contributed by atoms with Crippen LogP contribution in [0.1, 0.15) is 75.7 Å². The molecule has 1 aliphatic rings. The smallest absolute Gasteiger partial charge is 0.389 e. The molecule has 0 saturated carbocycles. The van der Waals surface area contributed by atoms with E-state index in [4.69, 9.17) is 0 Å². The lowest BCUT2D eigenvalue weighted by atomic mass is 9.81. The highest BCUT2D eigenvalue weighted by Crippen LogP contribution is 2.37. The van der Waals surface area contributed by atoms with Crippen LogP contribution in [0.15, 0.2) is 60.9 Å². The Morgan fingerprint density at radius 1 is 1.17 bits per heavy atom. The number of aliphatic hydroxyl groups excluding tert-OH is 1. The number of fused-ring (bicyclic) bond motifs is 1. The summed E-state index contributed by atoms with van der Waals surface area (Å²) in [7, 11) is 0. The fraction of sp³-hybridized carbons (Fsp3) is 0.310. The Morgan fingerprint density at radius 2 is 1.90 bits per heavy atom. The fourth-order valence-electron chi connectivity index (χ4n) is 5.23. The van der Waals surface area contributed by atoms with Crippen molar-refractivity contribution in [2.24, 2.45) is 0 Å². The Morgan fingerprint density at radius 3 is 2.54 bits per heavy atom. The highest BCUT2D eigenvalue weighted by molar-refractivity contribution is 6.04. The summed E-state index contributed by atoms with van der Waals surface area (Å²) in [4.78, 5) is 28.5. The van der Waals surface area contributed by atoms with Gasteiger partial charge in [-0.1, -0.05) is 38.1 Å². The van der Waals surface area contributed by atoms with Crippen molar-refractivity contribution in [3.63, 3.8) is 0 Å². The SMILES string of the molecule is CC(O)c1cccc(NC(=O)c2nn(Cc3ccc(C(F)(F)F)cc3)c3c2CN(C(=O)c2cn[nH]c2)CC3(C)C)c1. The highest BCUT2D eigenvalue weighted by atomic mass is 19.4. The molecule has 1 atom stereocenters. The van der Waals surface area contributed by atoms with Gasteiger partial charge in [-0.3, -0.25) is 19.4 Å². The Bertz CT molecular complexity index is 1570. The maximum Gasteiger partial charge on any atom is 0.416 e. The third-order valence-electron chi connectivity index (χ3n) is 7.11. The topological polar surface area (TPSA) is 116 Å². The molecule has 0 saturated heterocycles. The Labute approximate surface area is 234 Å². The van der Waals surface area contributed by atoms with Crippen LogP contribution in [0.25, 0.3) is 0 Å². The van der Waals surface area contributed by atoms with Gasteiger partial charge in [-0.2, -0.15) is 23.4 Å². The van der Waals surface area contributed by atoms with Gasteiger partial charge >= 0.3 is 6.18 Å². The van der Waals surface area contributed by atoms with Crippen molar-refractivity contribution in [2.75, 3.05) is 11.9 Å². The van der Waals surface area contributed by atoms with Crippen molar-refractivity contribution in [2.45, 2.75) is 51.6 Å². The molecule has 1 aliphatic heterocycles. The summed E-state index contributed by atoms with van der Waals surface area (Å²) in [5.74, 6) is -0.771. The van der Waals surface area contributed by atoms with Gasteiger partial charge in [0.1, 0.15) is 0 Å². The van der Waals surface area contributed by atoms with Crippen LogP contribution in [0, 0.1) is 0 Å². The largest absolute Gasteiger partial charge is 0.416 e. The van der Waals surface area contributed by atoms with E-state index in [2.05, 4.69) is 20.6 Å². The van der Waals surface area contributed by atoms with Gasteiger partial charge in [-0.15, -0.1) is 0 Å². The number of nitrogens with one attached hydrogen (secondary N) is 2. The van der Waals surface area contributed by atoms with E-state index in [-0.39, 0.29) is 24.7 Å². The van der Waals surface area contributed by atoms with Crippen LogP contribution in [0.3, 0.4) is 0 Å². The lowest BCUT2D eigenvalue weighted by Crippen LogP contribution is -2.46. The average Bonchev–Trinajstić information content (AvgIpc) is 3.57. The third-order valence-corrected chi connectivity index (χ3v) is 7.11. The number of benzene rings is 2. The van der Waals surface area contributed by atoms with Gasteiger partial charge in [-0.05, 0) is 42.3 Å². The lowest BCUT2D eigenvalue weighted by molar-refractivity contribution is -0.137. The van der Waals surface area contributed by atoms with Crippen molar-refractivity contribution < 1.29 is 27.9 Å². The van der Waals surface area contributed by atoms with Crippen LogP contribution in [0.2, 0.25) is 0 Å². The van der Waals surface area contributed by atoms with E-state index in [9.17, 15) is 27.9 Å². The van der Waals surface area contributed by atoms with Gasteiger partial charge < -0.3 is 15.3 Å². The minimum absolute atomic E-state index is 0.103. The molecule has 2 aromatic heterocycles. The van der Waals surface area contributed by atoms with Crippen molar-refractivity contribution in [1.82, 2.24) is 24.9 Å². The standard InChI is InChI=1S/C29H29F3N6O3/c1-17(39)19-5-4-6-22(11-19)35-26(40)24-23-15-37(27(41)20-12-33-34-13-20)16-28(2,3)25(23)38(36-24)14-18-7-9-21(10-8-18)29(30,31)32/h4-13,17,39H,14-16H2,1-3H3,(H,33,34)(H,35,40). The monoisotopic (exact) mass is 566 g/mol. The average molecular weight is 567 g/mol. The second-order valence-electron chi connectivity index (χ2n) is 10.8. The fourth-order valence-corrected chi connectivity index (χ4v) is 5.23. The predicted octanol–water partition coefficient (Wildman–Crippen LogP) is 4.91. The number of aromatic amines is 1. The zero-order chi connectivity index (χ0) is 29.5. The quantitative estimate of drug-likeness (QED) is 0.307. The van der Waals surface area contributed by atoms with Gasteiger partial charge in [0.2, 0.25) is 0 Å². The van der Waals surface area contributed by atoms with Crippen molar-refractivity contribution in [3.05, 3.63) is 100 Å². The van der Waals surface area contributed by atoms with E-state index >= 15 is 0 Å². The molecule has 2 amide bonds. The Hall–Kier alpha value is -4.45. The van der Waals surface area contributed by atoms with Gasteiger partial charge in [0.05, 0.1) is 42.2 Å². The molecule has 9 nitrogen and oxygen atoms in total. The molecule has 3 heterocycles. The minimum Gasteiger partial charge on any atom is -0.389 e. The number of anilines is 1. The summed E-state index contributed by atoms with van der Waals surface area (Å²) >= 11 is 0. The molecule has 4 aromatic rings. The molecule has 0 fully saturated rings. The first-order valence-electron chi connectivity index (χ1n) is 13.0. The van der Waals surface area contributed by atoms with Gasteiger partial charge in [0, 0.05) is 29.4 Å². The number of carbonyl (C=O) groups is 2. The maximum absolute atomic E-state index is 13.6. The van der Waals surface area contributed by atoms with Crippen LogP contribution in [0.5, 0.6) is 0 Å². The number of H-pyrrole nitrogens is 1. The van der Waals surface area contributed by atoms with E-state index in [1.54, 1.807) is 40.8 Å². The molecular weight excluding hydrogens is 537 g/mol. The minimum atomic E-state index is -4.45. The van der Waals surface area contributed by atoms with Crippen LogP contribution >= 0.6 is 0 Å². The molecule has 0 aliphatic carbocycles. The number of carbonyl (C=O) groups excluding carboxylic acids is 2. The summed E-state index contributed by atoms with van der Waals surface area (Å²) in [6.45, 7) is 6.03. The van der Waals surface area contributed by atoms with Crippen molar-refractivity contribution in [3.8, 4) is 0 Å². The molecule has 1 unspecified atom stereocenters.